The number of hydrogen-bond donors (Lipinski definition) is 0. The maximum absolute atomic E-state index is 5.35. The molecule has 2 heterocycles. The van der Waals surface area contributed by atoms with Crippen molar-refractivity contribution in [3.8, 4) is 78.4 Å². The zero-order valence-electron chi connectivity index (χ0n) is 32.0. The molecule has 0 fully saturated rings. The van der Waals surface area contributed by atoms with Crippen LogP contribution in [0.15, 0.2) is 213 Å². The Kier molecular flexibility index (Phi) is 7.45. The van der Waals surface area contributed by atoms with Gasteiger partial charge in [-0.25, -0.2) is 9.97 Å². The van der Waals surface area contributed by atoms with E-state index < -0.39 is 5.41 Å². The van der Waals surface area contributed by atoms with Gasteiger partial charge in [0.05, 0.1) is 16.8 Å². The van der Waals surface area contributed by atoms with Crippen molar-refractivity contribution in [2.24, 2.45) is 0 Å². The van der Waals surface area contributed by atoms with Gasteiger partial charge in [0.25, 0.3) is 0 Å². The maximum atomic E-state index is 5.35. The lowest BCUT2D eigenvalue weighted by Gasteiger charge is -2.35. The third-order valence-corrected chi connectivity index (χ3v) is 12.4. The standard InChI is InChI=1S/C56H35N3/c1-2-16-41-36(13-1)14-11-22-42(41)37-26-28-38(29-27-37)55-58-53(34-54(59-55)40-15-12-32-57-35-40)39-30-31-52-48(33-39)44-18-4-3-17-43(44)45-19-5-8-23-49(45)56(52)50-24-9-6-20-46(50)47-21-7-10-25-51(47)56/h1-35H. The minimum Gasteiger partial charge on any atom is -0.264 e. The highest BCUT2D eigenvalue weighted by Crippen LogP contribution is 2.61. The first-order chi connectivity index (χ1) is 29.3. The summed E-state index contributed by atoms with van der Waals surface area (Å²) >= 11 is 0. The number of aromatic nitrogens is 3. The van der Waals surface area contributed by atoms with E-state index in [-0.39, 0.29) is 0 Å². The summed E-state index contributed by atoms with van der Waals surface area (Å²) < 4.78 is 0. The average Bonchev–Trinajstić information content (AvgIpc) is 3.56. The second-order valence-electron chi connectivity index (χ2n) is 15.5. The molecule has 0 radical (unpaired) electrons. The van der Waals surface area contributed by atoms with Gasteiger partial charge in [-0.3, -0.25) is 4.98 Å². The fourth-order valence-corrected chi connectivity index (χ4v) is 9.87. The van der Waals surface area contributed by atoms with Crippen LogP contribution >= 0.6 is 0 Å². The Morgan fingerprint density at radius 3 is 1.51 bits per heavy atom. The fraction of sp³-hybridized carbons (Fsp3) is 0.0179. The van der Waals surface area contributed by atoms with Crippen LogP contribution in [-0.4, -0.2) is 15.0 Å². The summed E-state index contributed by atoms with van der Waals surface area (Å²) in [6.45, 7) is 0. The minimum absolute atomic E-state index is 0.528. The Labute approximate surface area is 343 Å². The molecule has 2 aliphatic carbocycles. The van der Waals surface area contributed by atoms with Gasteiger partial charge in [-0.05, 0) is 102 Å². The van der Waals surface area contributed by atoms with Gasteiger partial charge < -0.3 is 0 Å². The lowest BCUT2D eigenvalue weighted by molar-refractivity contribution is 0.775. The monoisotopic (exact) mass is 749 g/mol. The molecule has 0 aliphatic heterocycles. The lowest BCUT2D eigenvalue weighted by Crippen LogP contribution is -2.29. The quantitative estimate of drug-likeness (QED) is 0.180. The Morgan fingerprint density at radius 1 is 0.322 bits per heavy atom. The molecule has 3 nitrogen and oxygen atoms in total. The van der Waals surface area contributed by atoms with Crippen LogP contribution in [0.3, 0.4) is 0 Å². The zero-order chi connectivity index (χ0) is 38.9. The molecule has 274 valence electrons. The number of fused-ring (bicyclic) bond motifs is 13. The molecule has 2 aromatic heterocycles. The van der Waals surface area contributed by atoms with Crippen LogP contribution in [0, 0.1) is 0 Å². The van der Waals surface area contributed by atoms with E-state index in [4.69, 9.17) is 9.97 Å². The fourth-order valence-electron chi connectivity index (χ4n) is 9.87. The maximum Gasteiger partial charge on any atom is 0.160 e. The van der Waals surface area contributed by atoms with Crippen LogP contribution in [0.4, 0.5) is 0 Å². The molecule has 12 rings (SSSR count). The van der Waals surface area contributed by atoms with Crippen LogP contribution in [-0.2, 0) is 5.41 Å². The van der Waals surface area contributed by atoms with E-state index in [2.05, 4.69) is 199 Å². The van der Waals surface area contributed by atoms with Crippen LogP contribution in [0.2, 0.25) is 0 Å². The number of nitrogens with zero attached hydrogens (tertiary/aromatic N) is 3. The highest BCUT2D eigenvalue weighted by molar-refractivity contribution is 5.99. The van der Waals surface area contributed by atoms with E-state index in [1.165, 1.54) is 72.0 Å². The summed E-state index contributed by atoms with van der Waals surface area (Å²) in [4.78, 5) is 15.0. The van der Waals surface area contributed by atoms with Gasteiger partial charge in [-0.1, -0.05) is 176 Å². The number of rotatable bonds is 4. The molecule has 0 N–H and O–H groups in total. The second-order valence-corrected chi connectivity index (χ2v) is 15.5. The third kappa shape index (κ3) is 5.05. The summed E-state index contributed by atoms with van der Waals surface area (Å²) in [5, 5.41) is 2.46. The topological polar surface area (TPSA) is 38.7 Å². The van der Waals surface area contributed by atoms with E-state index in [1.807, 2.05) is 12.3 Å². The van der Waals surface area contributed by atoms with Crippen LogP contribution in [0.5, 0.6) is 0 Å². The van der Waals surface area contributed by atoms with Gasteiger partial charge in [-0.2, -0.15) is 0 Å². The van der Waals surface area contributed by atoms with E-state index in [1.54, 1.807) is 6.20 Å². The van der Waals surface area contributed by atoms with E-state index >= 15 is 0 Å². The van der Waals surface area contributed by atoms with E-state index in [9.17, 15) is 0 Å². The molecular formula is C56H35N3. The molecule has 10 aromatic rings. The number of benzene rings is 8. The van der Waals surface area contributed by atoms with Gasteiger partial charge in [0.1, 0.15) is 0 Å². The molecule has 0 bridgehead atoms. The first-order valence-corrected chi connectivity index (χ1v) is 20.2. The van der Waals surface area contributed by atoms with E-state index in [0.717, 1.165) is 33.6 Å². The number of hydrogen-bond acceptors (Lipinski definition) is 3. The van der Waals surface area contributed by atoms with Gasteiger partial charge in [-0.15, -0.1) is 0 Å². The Bertz CT molecular complexity index is 3220. The van der Waals surface area contributed by atoms with Crippen molar-refractivity contribution in [3.63, 3.8) is 0 Å². The van der Waals surface area contributed by atoms with E-state index in [0.29, 0.717) is 5.82 Å². The molecule has 0 saturated heterocycles. The summed E-state index contributed by atoms with van der Waals surface area (Å²) in [7, 11) is 0. The second kappa shape index (κ2) is 13.2. The molecule has 2 aliphatic rings. The highest BCUT2D eigenvalue weighted by atomic mass is 14.9. The highest BCUT2D eigenvalue weighted by Gasteiger charge is 2.49. The van der Waals surface area contributed by atoms with Gasteiger partial charge >= 0.3 is 0 Å². The van der Waals surface area contributed by atoms with Crippen molar-refractivity contribution >= 4 is 10.8 Å². The first kappa shape index (κ1) is 33.4. The van der Waals surface area contributed by atoms with Gasteiger partial charge in [0, 0.05) is 29.1 Å². The third-order valence-electron chi connectivity index (χ3n) is 12.4. The molecule has 0 atom stereocenters. The predicted octanol–water partition coefficient (Wildman–Crippen LogP) is 13.7. The Hall–Kier alpha value is -7.75. The molecule has 8 aromatic carbocycles. The predicted molar refractivity (Wildman–Crippen MR) is 241 cm³/mol. The molecule has 0 saturated carbocycles. The van der Waals surface area contributed by atoms with Gasteiger partial charge in [0.2, 0.25) is 0 Å². The SMILES string of the molecule is c1cncc(-c2cc(-c3ccc4c(c3)-c3ccccc3-c3ccccc3C43c4ccccc4-c4ccccc43)nc(-c3ccc(-c4cccc5ccccc45)cc3)n2)c1. The molecule has 59 heavy (non-hydrogen) atoms. The molecule has 3 heteroatoms. The minimum atomic E-state index is -0.528. The number of pyridine rings is 1. The largest absolute Gasteiger partial charge is 0.264 e. The van der Waals surface area contributed by atoms with Crippen LogP contribution in [0.1, 0.15) is 22.3 Å². The first-order valence-electron chi connectivity index (χ1n) is 20.2. The summed E-state index contributed by atoms with van der Waals surface area (Å²) in [6.07, 6.45) is 3.68. The summed E-state index contributed by atoms with van der Waals surface area (Å²) in [5.41, 5.74) is 19.1. The Morgan fingerprint density at radius 2 is 0.831 bits per heavy atom. The average molecular weight is 750 g/mol. The molecule has 1 spiro atoms. The van der Waals surface area contributed by atoms with Crippen molar-refractivity contribution in [1.29, 1.82) is 0 Å². The molecule has 0 amide bonds. The zero-order valence-corrected chi connectivity index (χ0v) is 32.0. The smallest absolute Gasteiger partial charge is 0.160 e. The van der Waals surface area contributed by atoms with Crippen LogP contribution in [0.25, 0.3) is 89.2 Å². The summed E-state index contributed by atoms with van der Waals surface area (Å²) in [5.74, 6) is 0.670. The Balaban J connectivity index is 1.08. The van der Waals surface area contributed by atoms with Crippen molar-refractivity contribution in [1.82, 2.24) is 15.0 Å². The van der Waals surface area contributed by atoms with Crippen molar-refractivity contribution in [2.45, 2.75) is 5.41 Å². The molecular weight excluding hydrogens is 715 g/mol. The van der Waals surface area contributed by atoms with Crippen molar-refractivity contribution in [2.75, 3.05) is 0 Å². The normalized spacial score (nSPS) is 12.9. The lowest BCUT2D eigenvalue weighted by atomic mass is 9.66. The molecule has 0 unspecified atom stereocenters. The van der Waals surface area contributed by atoms with Gasteiger partial charge in [0.15, 0.2) is 5.82 Å². The van der Waals surface area contributed by atoms with Crippen molar-refractivity contribution in [3.05, 3.63) is 235 Å². The summed E-state index contributed by atoms with van der Waals surface area (Å²) in [6, 6.07) is 72.7. The van der Waals surface area contributed by atoms with Crippen molar-refractivity contribution < 1.29 is 0 Å². The van der Waals surface area contributed by atoms with Crippen LogP contribution < -0.4 is 0 Å².